The van der Waals surface area contributed by atoms with Crippen molar-refractivity contribution in [2.45, 2.75) is 12.1 Å². The van der Waals surface area contributed by atoms with Crippen LogP contribution >= 0.6 is 0 Å². The summed E-state index contributed by atoms with van der Waals surface area (Å²) in [6, 6.07) is -0.473. The minimum Gasteiger partial charge on any atom is -0.480 e. The molecule has 0 aliphatic carbocycles. The lowest BCUT2D eigenvalue weighted by atomic mass is 10.3. The molecule has 1 aliphatic heterocycles. The predicted octanol–water partition coefficient (Wildman–Crippen LogP) is -1.34. The molecule has 0 radical (unpaired) electrons. The third-order valence-electron chi connectivity index (χ3n) is 2.25. The molecule has 1 fully saturated rings. The lowest BCUT2D eigenvalue weighted by Crippen LogP contribution is -2.45. The van der Waals surface area contributed by atoms with Gasteiger partial charge in [-0.3, -0.25) is 4.79 Å². The van der Waals surface area contributed by atoms with Crippen LogP contribution in [0.5, 0.6) is 0 Å². The van der Waals surface area contributed by atoms with Crippen LogP contribution in [-0.4, -0.2) is 63.2 Å². The molecule has 0 spiro atoms. The van der Waals surface area contributed by atoms with E-state index >= 15 is 0 Å². The van der Waals surface area contributed by atoms with Crippen molar-refractivity contribution < 1.29 is 19.4 Å². The van der Waals surface area contributed by atoms with E-state index in [4.69, 9.17) is 14.6 Å². The zero-order valence-corrected chi connectivity index (χ0v) is 8.86. The number of carboxylic acids is 1. The van der Waals surface area contributed by atoms with Crippen LogP contribution < -0.4 is 10.6 Å². The molecule has 0 bridgehead atoms. The summed E-state index contributed by atoms with van der Waals surface area (Å²) in [5.41, 5.74) is 0. The molecule has 6 nitrogen and oxygen atoms in total. The molecule has 1 rings (SSSR count). The van der Waals surface area contributed by atoms with E-state index in [-0.39, 0.29) is 12.6 Å². The molecule has 0 aromatic carbocycles. The largest absolute Gasteiger partial charge is 0.480 e. The summed E-state index contributed by atoms with van der Waals surface area (Å²) in [5, 5.41) is 14.6. The van der Waals surface area contributed by atoms with Crippen molar-refractivity contribution in [2.75, 3.05) is 40.0 Å². The minimum absolute atomic E-state index is 0.171. The number of morpholine rings is 1. The Morgan fingerprint density at radius 3 is 3.13 bits per heavy atom. The number of rotatable bonds is 6. The van der Waals surface area contributed by atoms with Gasteiger partial charge < -0.3 is 25.2 Å². The number of hydrogen-bond acceptors (Lipinski definition) is 5. The molecule has 15 heavy (non-hydrogen) atoms. The molecule has 1 saturated heterocycles. The van der Waals surface area contributed by atoms with E-state index in [1.807, 2.05) is 0 Å². The van der Waals surface area contributed by atoms with Crippen molar-refractivity contribution in [1.29, 1.82) is 0 Å². The summed E-state index contributed by atoms with van der Waals surface area (Å²) < 4.78 is 10.5. The Balaban J connectivity index is 2.11. The SMILES string of the molecule is CN[C@@H](COC[C@@H]1COCCN1)C(=O)O. The monoisotopic (exact) mass is 218 g/mol. The van der Waals surface area contributed by atoms with E-state index in [0.717, 1.165) is 13.2 Å². The third-order valence-corrected chi connectivity index (χ3v) is 2.25. The molecular formula is C9H18N2O4. The third kappa shape index (κ3) is 4.57. The van der Waals surface area contributed by atoms with Gasteiger partial charge in [-0.2, -0.15) is 0 Å². The second kappa shape index (κ2) is 6.73. The molecule has 0 amide bonds. The van der Waals surface area contributed by atoms with Crippen molar-refractivity contribution in [3.8, 4) is 0 Å². The van der Waals surface area contributed by atoms with Gasteiger partial charge in [-0.15, -0.1) is 0 Å². The molecule has 1 aliphatic rings. The average molecular weight is 218 g/mol. The Hall–Kier alpha value is -0.690. The number of carbonyl (C=O) groups is 1. The van der Waals surface area contributed by atoms with Gasteiger partial charge in [-0.25, -0.2) is 0 Å². The standard InChI is InChI=1S/C9H18N2O4/c1-10-8(9(12)13)6-15-5-7-4-14-3-2-11-7/h7-8,10-11H,2-6H2,1H3,(H,12,13)/t7-,8-/m0/s1. The molecule has 0 saturated carbocycles. The summed E-state index contributed by atoms with van der Waals surface area (Å²) in [5.74, 6) is -0.898. The van der Waals surface area contributed by atoms with Crippen LogP contribution in [0.25, 0.3) is 0 Å². The molecular weight excluding hydrogens is 200 g/mol. The van der Waals surface area contributed by atoms with E-state index < -0.39 is 12.0 Å². The van der Waals surface area contributed by atoms with Gasteiger partial charge in [0.1, 0.15) is 6.04 Å². The number of aliphatic carboxylic acids is 1. The minimum atomic E-state index is -0.898. The Morgan fingerprint density at radius 2 is 2.60 bits per heavy atom. The first-order valence-electron chi connectivity index (χ1n) is 5.03. The maximum Gasteiger partial charge on any atom is 0.323 e. The summed E-state index contributed by atoms with van der Waals surface area (Å²) in [6.45, 7) is 2.82. The van der Waals surface area contributed by atoms with Gasteiger partial charge in [0.2, 0.25) is 0 Å². The van der Waals surface area contributed by atoms with Crippen LogP contribution in [0.2, 0.25) is 0 Å². The predicted molar refractivity (Wildman–Crippen MR) is 53.9 cm³/mol. The van der Waals surface area contributed by atoms with Crippen LogP contribution in [0.1, 0.15) is 0 Å². The van der Waals surface area contributed by atoms with Gasteiger partial charge in [0.05, 0.1) is 32.5 Å². The summed E-state index contributed by atoms with van der Waals surface area (Å²) in [4.78, 5) is 10.6. The summed E-state index contributed by atoms with van der Waals surface area (Å²) >= 11 is 0. The summed E-state index contributed by atoms with van der Waals surface area (Å²) in [7, 11) is 1.60. The number of nitrogens with one attached hydrogen (secondary N) is 2. The van der Waals surface area contributed by atoms with E-state index in [1.54, 1.807) is 7.05 Å². The van der Waals surface area contributed by atoms with E-state index in [9.17, 15) is 4.79 Å². The van der Waals surface area contributed by atoms with Gasteiger partial charge in [-0.1, -0.05) is 0 Å². The smallest absolute Gasteiger partial charge is 0.323 e. The molecule has 0 unspecified atom stereocenters. The molecule has 2 atom stereocenters. The van der Waals surface area contributed by atoms with Crippen molar-refractivity contribution in [3.63, 3.8) is 0 Å². The summed E-state index contributed by atoms with van der Waals surface area (Å²) in [6.07, 6.45) is 0. The fraction of sp³-hybridized carbons (Fsp3) is 0.889. The topological polar surface area (TPSA) is 79.8 Å². The highest BCUT2D eigenvalue weighted by molar-refractivity contribution is 5.73. The van der Waals surface area contributed by atoms with Crippen molar-refractivity contribution in [2.24, 2.45) is 0 Å². The Labute approximate surface area is 88.9 Å². The lowest BCUT2D eigenvalue weighted by Gasteiger charge is -2.24. The maximum atomic E-state index is 10.6. The van der Waals surface area contributed by atoms with E-state index in [2.05, 4.69) is 10.6 Å². The highest BCUT2D eigenvalue weighted by Gasteiger charge is 2.17. The number of likely N-dealkylation sites (N-methyl/N-ethyl adjacent to an activating group) is 1. The van der Waals surface area contributed by atoms with Gasteiger partial charge >= 0.3 is 5.97 Å². The van der Waals surface area contributed by atoms with Gasteiger partial charge in [0.15, 0.2) is 0 Å². The molecule has 6 heteroatoms. The average Bonchev–Trinajstić information content (AvgIpc) is 2.25. The van der Waals surface area contributed by atoms with Crippen LogP contribution in [0.3, 0.4) is 0 Å². The Morgan fingerprint density at radius 1 is 1.80 bits per heavy atom. The Bertz CT molecular complexity index is 195. The molecule has 1 heterocycles. The number of carboxylic acid groups (broad SMARTS) is 1. The van der Waals surface area contributed by atoms with Gasteiger partial charge in [-0.05, 0) is 7.05 Å². The maximum absolute atomic E-state index is 10.6. The van der Waals surface area contributed by atoms with Crippen LogP contribution in [0.15, 0.2) is 0 Å². The van der Waals surface area contributed by atoms with Gasteiger partial charge in [0, 0.05) is 6.54 Å². The fourth-order valence-electron chi connectivity index (χ4n) is 1.33. The molecule has 0 aromatic heterocycles. The van der Waals surface area contributed by atoms with Gasteiger partial charge in [0.25, 0.3) is 0 Å². The molecule has 0 aromatic rings. The van der Waals surface area contributed by atoms with E-state index in [0.29, 0.717) is 13.2 Å². The van der Waals surface area contributed by atoms with Crippen molar-refractivity contribution >= 4 is 5.97 Å². The van der Waals surface area contributed by atoms with Crippen LogP contribution in [0.4, 0.5) is 0 Å². The van der Waals surface area contributed by atoms with Crippen LogP contribution in [0, 0.1) is 0 Å². The first-order chi connectivity index (χ1) is 7.24. The highest BCUT2D eigenvalue weighted by atomic mass is 16.5. The van der Waals surface area contributed by atoms with Crippen molar-refractivity contribution in [3.05, 3.63) is 0 Å². The van der Waals surface area contributed by atoms with Crippen molar-refractivity contribution in [1.82, 2.24) is 10.6 Å². The lowest BCUT2D eigenvalue weighted by molar-refractivity contribution is -0.141. The zero-order chi connectivity index (χ0) is 11.1. The molecule has 3 N–H and O–H groups in total. The quantitative estimate of drug-likeness (QED) is 0.512. The second-order valence-corrected chi connectivity index (χ2v) is 3.44. The second-order valence-electron chi connectivity index (χ2n) is 3.44. The van der Waals surface area contributed by atoms with Crippen LogP contribution in [-0.2, 0) is 14.3 Å². The zero-order valence-electron chi connectivity index (χ0n) is 8.86. The number of hydrogen-bond donors (Lipinski definition) is 3. The Kier molecular flexibility index (Phi) is 5.56. The number of ether oxygens (including phenoxy) is 2. The van der Waals surface area contributed by atoms with E-state index in [1.165, 1.54) is 0 Å². The highest BCUT2D eigenvalue weighted by Crippen LogP contribution is 1.95. The molecule has 88 valence electrons. The first-order valence-corrected chi connectivity index (χ1v) is 5.03. The fourth-order valence-corrected chi connectivity index (χ4v) is 1.33. The first kappa shape index (κ1) is 12.4. The normalized spacial score (nSPS) is 23.7.